The zero-order valence-electron chi connectivity index (χ0n) is 10.5. The number of rotatable bonds is 5. The number of carbonyl (C=O) groups is 1. The first-order valence-electron chi connectivity index (χ1n) is 5.99. The van der Waals surface area contributed by atoms with Crippen molar-refractivity contribution in [2.75, 3.05) is 6.61 Å². The molecule has 0 saturated heterocycles. The molecule has 0 radical (unpaired) electrons. The van der Waals surface area contributed by atoms with Crippen LogP contribution in [-0.2, 0) is 4.79 Å². The Hall–Kier alpha value is -2.55. The van der Waals surface area contributed by atoms with E-state index in [4.69, 9.17) is 10.5 Å². The summed E-state index contributed by atoms with van der Waals surface area (Å²) >= 11 is 0. The molecule has 2 rings (SSSR count). The van der Waals surface area contributed by atoms with E-state index in [9.17, 15) is 4.79 Å². The van der Waals surface area contributed by atoms with Crippen molar-refractivity contribution in [1.82, 2.24) is 0 Å². The van der Waals surface area contributed by atoms with Crippen LogP contribution in [0.5, 0.6) is 5.75 Å². The molecule has 0 unspecified atom stereocenters. The predicted molar refractivity (Wildman–Crippen MR) is 75.6 cm³/mol. The number of carbonyl (C=O) groups excluding carboxylic acids is 1. The Morgan fingerprint density at radius 3 is 2.21 bits per heavy atom. The van der Waals surface area contributed by atoms with Gasteiger partial charge in [-0.1, -0.05) is 48.5 Å². The Bertz CT molecular complexity index is 562. The number of hydrogen-bond donors (Lipinski definition) is 1. The lowest BCUT2D eigenvalue weighted by Gasteiger charge is -2.04. The van der Waals surface area contributed by atoms with E-state index in [2.05, 4.69) is 0 Å². The summed E-state index contributed by atoms with van der Waals surface area (Å²) in [4.78, 5) is 11.7. The number of para-hydroxylation sites is 1. The van der Waals surface area contributed by atoms with E-state index in [0.717, 1.165) is 5.56 Å². The molecule has 3 nitrogen and oxygen atoms in total. The summed E-state index contributed by atoms with van der Waals surface area (Å²) in [6.07, 6.45) is 1.40. The number of benzene rings is 2. The van der Waals surface area contributed by atoms with Crippen LogP contribution in [0.2, 0.25) is 0 Å². The van der Waals surface area contributed by atoms with E-state index in [-0.39, 0.29) is 12.4 Å². The maximum atomic E-state index is 11.7. The molecule has 96 valence electrons. The van der Waals surface area contributed by atoms with Crippen LogP contribution in [0.25, 0.3) is 5.70 Å². The minimum atomic E-state index is -0.162. The van der Waals surface area contributed by atoms with Crippen LogP contribution in [-0.4, -0.2) is 12.4 Å². The first-order chi connectivity index (χ1) is 9.25. The average Bonchev–Trinajstić information content (AvgIpc) is 2.47. The molecule has 0 saturated carbocycles. The molecule has 3 heteroatoms. The fourth-order valence-corrected chi connectivity index (χ4v) is 1.60. The molecule has 0 aliphatic heterocycles. The highest BCUT2D eigenvalue weighted by atomic mass is 16.5. The summed E-state index contributed by atoms with van der Waals surface area (Å²) in [6, 6.07) is 18.6. The van der Waals surface area contributed by atoms with Gasteiger partial charge in [0.05, 0.1) is 0 Å². The fraction of sp³-hybridized carbons (Fsp3) is 0.0625. The molecule has 2 aromatic carbocycles. The normalized spacial score (nSPS) is 11.1. The molecule has 0 aliphatic rings. The van der Waals surface area contributed by atoms with Crippen molar-refractivity contribution in [3.05, 3.63) is 72.3 Å². The summed E-state index contributed by atoms with van der Waals surface area (Å²) in [5, 5.41) is 0. The second-order valence-electron chi connectivity index (χ2n) is 4.03. The zero-order valence-corrected chi connectivity index (χ0v) is 10.5. The highest BCUT2D eigenvalue weighted by Gasteiger charge is 2.02. The van der Waals surface area contributed by atoms with Crippen LogP contribution in [0.4, 0.5) is 0 Å². The molecule has 0 aromatic heterocycles. The highest BCUT2D eigenvalue weighted by molar-refractivity contribution is 5.97. The van der Waals surface area contributed by atoms with Crippen LogP contribution in [0.1, 0.15) is 5.56 Å². The molecule has 0 atom stereocenters. The largest absolute Gasteiger partial charge is 0.485 e. The molecular weight excluding hydrogens is 238 g/mol. The Morgan fingerprint density at radius 1 is 1.00 bits per heavy atom. The van der Waals surface area contributed by atoms with E-state index >= 15 is 0 Å². The van der Waals surface area contributed by atoms with E-state index in [1.54, 1.807) is 12.1 Å². The summed E-state index contributed by atoms with van der Waals surface area (Å²) in [5.74, 6) is 0.507. The third-order valence-electron chi connectivity index (χ3n) is 2.55. The lowest BCUT2D eigenvalue weighted by Crippen LogP contribution is -2.10. The van der Waals surface area contributed by atoms with Gasteiger partial charge in [0.1, 0.15) is 5.75 Å². The SMILES string of the molecule is NC(=CC(=O)COc1ccccc1)c1ccccc1. The Morgan fingerprint density at radius 2 is 1.58 bits per heavy atom. The molecule has 0 spiro atoms. The van der Waals surface area contributed by atoms with Gasteiger partial charge in [-0.25, -0.2) is 0 Å². The first-order valence-corrected chi connectivity index (χ1v) is 5.99. The van der Waals surface area contributed by atoms with Gasteiger partial charge in [0.15, 0.2) is 12.4 Å². The molecule has 2 aromatic rings. The van der Waals surface area contributed by atoms with E-state index in [1.807, 2.05) is 48.5 Å². The predicted octanol–water partition coefficient (Wildman–Crippen LogP) is 2.63. The number of ether oxygens (including phenoxy) is 1. The lowest BCUT2D eigenvalue weighted by molar-refractivity contribution is -0.116. The second-order valence-corrected chi connectivity index (χ2v) is 4.03. The third kappa shape index (κ3) is 4.00. The lowest BCUT2D eigenvalue weighted by atomic mass is 10.1. The Labute approximate surface area is 112 Å². The van der Waals surface area contributed by atoms with Crippen LogP contribution in [0.3, 0.4) is 0 Å². The molecule has 0 heterocycles. The molecular formula is C16H15NO2. The van der Waals surface area contributed by atoms with Gasteiger partial charge in [-0.15, -0.1) is 0 Å². The number of nitrogens with two attached hydrogens (primary N) is 1. The van der Waals surface area contributed by atoms with Crippen molar-refractivity contribution in [1.29, 1.82) is 0 Å². The smallest absolute Gasteiger partial charge is 0.195 e. The maximum Gasteiger partial charge on any atom is 0.195 e. The van der Waals surface area contributed by atoms with Crippen molar-refractivity contribution in [2.24, 2.45) is 5.73 Å². The number of hydrogen-bond acceptors (Lipinski definition) is 3. The molecule has 0 aliphatic carbocycles. The van der Waals surface area contributed by atoms with Crippen molar-refractivity contribution >= 4 is 11.5 Å². The molecule has 0 amide bonds. The van der Waals surface area contributed by atoms with Crippen LogP contribution in [0.15, 0.2) is 66.7 Å². The van der Waals surface area contributed by atoms with Gasteiger partial charge in [-0.2, -0.15) is 0 Å². The number of ketones is 1. The van der Waals surface area contributed by atoms with Gasteiger partial charge in [0, 0.05) is 11.8 Å². The van der Waals surface area contributed by atoms with Crippen molar-refractivity contribution in [3.63, 3.8) is 0 Å². The van der Waals surface area contributed by atoms with Crippen LogP contribution >= 0.6 is 0 Å². The molecule has 19 heavy (non-hydrogen) atoms. The molecule has 2 N–H and O–H groups in total. The second kappa shape index (κ2) is 6.40. The van der Waals surface area contributed by atoms with Crippen molar-refractivity contribution < 1.29 is 9.53 Å². The summed E-state index contributed by atoms with van der Waals surface area (Å²) in [7, 11) is 0. The van der Waals surface area contributed by atoms with E-state index in [0.29, 0.717) is 11.4 Å². The van der Waals surface area contributed by atoms with Gasteiger partial charge in [0.2, 0.25) is 0 Å². The van der Waals surface area contributed by atoms with E-state index in [1.165, 1.54) is 6.08 Å². The average molecular weight is 253 g/mol. The van der Waals surface area contributed by atoms with Crippen LogP contribution < -0.4 is 10.5 Å². The molecule has 0 fully saturated rings. The van der Waals surface area contributed by atoms with Gasteiger partial charge < -0.3 is 10.5 Å². The van der Waals surface area contributed by atoms with Crippen molar-refractivity contribution in [3.8, 4) is 5.75 Å². The summed E-state index contributed by atoms with van der Waals surface area (Å²) in [6.45, 7) is -0.0163. The zero-order chi connectivity index (χ0) is 13.5. The molecule has 0 bridgehead atoms. The maximum absolute atomic E-state index is 11.7. The van der Waals surface area contributed by atoms with Gasteiger partial charge in [-0.05, 0) is 17.7 Å². The summed E-state index contributed by atoms with van der Waals surface area (Å²) < 4.78 is 5.35. The minimum Gasteiger partial charge on any atom is -0.485 e. The minimum absolute atomic E-state index is 0.0163. The van der Waals surface area contributed by atoms with Crippen LogP contribution in [0, 0.1) is 0 Å². The van der Waals surface area contributed by atoms with Gasteiger partial charge in [-0.3, -0.25) is 4.79 Å². The topological polar surface area (TPSA) is 52.3 Å². The fourth-order valence-electron chi connectivity index (χ4n) is 1.60. The monoisotopic (exact) mass is 253 g/mol. The van der Waals surface area contributed by atoms with Crippen molar-refractivity contribution in [2.45, 2.75) is 0 Å². The Balaban J connectivity index is 1.94. The highest BCUT2D eigenvalue weighted by Crippen LogP contribution is 2.10. The van der Waals surface area contributed by atoms with Gasteiger partial charge >= 0.3 is 0 Å². The first kappa shape index (κ1) is 12.9. The van der Waals surface area contributed by atoms with Gasteiger partial charge in [0.25, 0.3) is 0 Å². The quantitative estimate of drug-likeness (QED) is 0.833. The van der Waals surface area contributed by atoms with E-state index < -0.39 is 0 Å². The third-order valence-corrected chi connectivity index (χ3v) is 2.55. The standard InChI is InChI=1S/C16H15NO2/c17-16(13-7-3-1-4-8-13)11-14(18)12-19-15-9-5-2-6-10-15/h1-11H,12,17H2. The summed E-state index contributed by atoms with van der Waals surface area (Å²) in [5.41, 5.74) is 7.13. The Kier molecular flexibility index (Phi) is 4.34.